The molecule has 1 unspecified atom stereocenters. The van der Waals surface area contributed by atoms with Gasteiger partial charge in [-0.3, -0.25) is 10.2 Å². The molecule has 5 rings (SSSR count). The van der Waals surface area contributed by atoms with Crippen molar-refractivity contribution in [2.75, 3.05) is 12.1 Å². The molecule has 0 bridgehead atoms. The van der Waals surface area contributed by atoms with E-state index >= 15 is 0 Å². The Bertz CT molecular complexity index is 877. The van der Waals surface area contributed by atoms with Crippen molar-refractivity contribution < 1.29 is 14.3 Å². The highest BCUT2D eigenvalue weighted by Crippen LogP contribution is 2.42. The molecule has 0 radical (unpaired) electrons. The average Bonchev–Trinajstić information content (AvgIpc) is 3.27. The molecule has 3 heterocycles. The highest BCUT2D eigenvalue weighted by atomic mass is 16.7. The van der Waals surface area contributed by atoms with Crippen molar-refractivity contribution in [3.63, 3.8) is 0 Å². The van der Waals surface area contributed by atoms with Crippen LogP contribution in [0, 0.1) is 0 Å². The topological polar surface area (TPSA) is 72.0 Å². The molecule has 2 N–H and O–H groups in total. The van der Waals surface area contributed by atoms with E-state index in [1.165, 1.54) is 0 Å². The van der Waals surface area contributed by atoms with E-state index in [1.54, 1.807) is 0 Å². The molecule has 0 fully saturated rings. The minimum atomic E-state index is -0.817. The number of hydrogen-bond acceptors (Lipinski definition) is 5. The monoisotopic (exact) mass is 307 g/mol. The molecule has 0 aromatic heterocycles. The lowest BCUT2D eigenvalue weighted by molar-refractivity contribution is -0.121. The van der Waals surface area contributed by atoms with Crippen LogP contribution in [0.1, 0.15) is 17.5 Å². The molecule has 6 nitrogen and oxygen atoms in total. The van der Waals surface area contributed by atoms with Gasteiger partial charge in [0.1, 0.15) is 0 Å². The smallest absolute Gasteiger partial charge is 0.256 e. The summed E-state index contributed by atoms with van der Waals surface area (Å²) in [7, 11) is 0. The van der Waals surface area contributed by atoms with Crippen molar-refractivity contribution in [3.05, 3.63) is 53.6 Å². The Balaban J connectivity index is 1.52. The fraction of sp³-hybridized carbons (Fsp3) is 0.176. The number of ether oxygens (including phenoxy) is 2. The van der Waals surface area contributed by atoms with E-state index in [9.17, 15) is 4.79 Å². The summed E-state index contributed by atoms with van der Waals surface area (Å²) >= 11 is 0. The Morgan fingerprint density at radius 2 is 1.96 bits per heavy atom. The predicted octanol–water partition coefficient (Wildman–Crippen LogP) is 1.96. The van der Waals surface area contributed by atoms with E-state index in [0.717, 1.165) is 28.3 Å². The molecule has 0 saturated carbocycles. The van der Waals surface area contributed by atoms with Gasteiger partial charge in [0.15, 0.2) is 17.0 Å². The summed E-state index contributed by atoms with van der Waals surface area (Å²) in [4.78, 5) is 12.5. The number of para-hydroxylation sites is 1. The fourth-order valence-corrected chi connectivity index (χ4v) is 3.34. The van der Waals surface area contributed by atoms with E-state index in [1.807, 2.05) is 42.5 Å². The first-order chi connectivity index (χ1) is 11.3. The predicted molar refractivity (Wildman–Crippen MR) is 83.6 cm³/mol. The number of fused-ring (bicyclic) bond motifs is 3. The van der Waals surface area contributed by atoms with E-state index in [0.29, 0.717) is 12.2 Å². The molecule has 3 aliphatic rings. The van der Waals surface area contributed by atoms with Crippen molar-refractivity contribution in [1.29, 1.82) is 0 Å². The second-order valence-corrected chi connectivity index (χ2v) is 5.82. The highest BCUT2D eigenvalue weighted by molar-refractivity contribution is 6.13. The number of anilines is 1. The number of hydrogen-bond donors (Lipinski definition) is 2. The molecule has 0 saturated heterocycles. The molecule has 1 amide bonds. The van der Waals surface area contributed by atoms with Crippen LogP contribution >= 0.6 is 0 Å². The van der Waals surface area contributed by atoms with Crippen LogP contribution in [-0.2, 0) is 10.3 Å². The number of nitrogens with one attached hydrogen (secondary N) is 2. The molecule has 6 heteroatoms. The summed E-state index contributed by atoms with van der Waals surface area (Å²) in [5, 5.41) is 7.35. The lowest BCUT2D eigenvalue weighted by Crippen LogP contribution is -2.42. The first kappa shape index (κ1) is 12.5. The molecular weight excluding hydrogens is 294 g/mol. The van der Waals surface area contributed by atoms with Crippen LogP contribution in [-0.4, -0.2) is 18.4 Å². The zero-order valence-corrected chi connectivity index (χ0v) is 12.1. The van der Waals surface area contributed by atoms with Gasteiger partial charge in [-0.25, -0.2) is 0 Å². The molecule has 1 spiro atoms. The highest BCUT2D eigenvalue weighted by Gasteiger charge is 2.50. The van der Waals surface area contributed by atoms with Crippen LogP contribution in [0.15, 0.2) is 47.6 Å². The number of amides is 1. The SMILES string of the molecule is O=C1Nc2ccccc2C12CC(c1ccc3c(c1)OCO3)=NN2. The van der Waals surface area contributed by atoms with Gasteiger partial charge in [0, 0.05) is 23.2 Å². The first-order valence-electron chi connectivity index (χ1n) is 7.41. The Morgan fingerprint density at radius 1 is 1.09 bits per heavy atom. The third kappa shape index (κ3) is 1.63. The number of nitrogens with zero attached hydrogens (tertiary/aromatic N) is 1. The average molecular weight is 307 g/mol. The zero-order chi connectivity index (χ0) is 15.4. The fourth-order valence-electron chi connectivity index (χ4n) is 3.34. The van der Waals surface area contributed by atoms with Gasteiger partial charge >= 0.3 is 0 Å². The van der Waals surface area contributed by atoms with Crippen molar-refractivity contribution in [3.8, 4) is 11.5 Å². The van der Waals surface area contributed by atoms with Crippen molar-refractivity contribution in [2.45, 2.75) is 12.0 Å². The maximum atomic E-state index is 12.5. The number of carbonyl (C=O) groups excluding carboxylic acids is 1. The minimum absolute atomic E-state index is 0.0711. The van der Waals surface area contributed by atoms with E-state index < -0.39 is 5.54 Å². The largest absolute Gasteiger partial charge is 0.454 e. The third-order valence-corrected chi connectivity index (χ3v) is 4.54. The quantitative estimate of drug-likeness (QED) is 0.845. The number of rotatable bonds is 1. The molecule has 1 atom stereocenters. The Labute approximate surface area is 132 Å². The van der Waals surface area contributed by atoms with Gasteiger partial charge in [-0.1, -0.05) is 18.2 Å². The van der Waals surface area contributed by atoms with Gasteiger partial charge in [0.25, 0.3) is 5.91 Å². The molecular formula is C17H13N3O3. The second kappa shape index (κ2) is 4.25. The maximum absolute atomic E-state index is 12.5. The first-order valence-corrected chi connectivity index (χ1v) is 7.41. The molecule has 23 heavy (non-hydrogen) atoms. The zero-order valence-electron chi connectivity index (χ0n) is 12.1. The van der Waals surface area contributed by atoms with Crippen LogP contribution < -0.4 is 20.2 Å². The lowest BCUT2D eigenvalue weighted by atomic mass is 9.86. The van der Waals surface area contributed by atoms with Crippen LogP contribution in [0.2, 0.25) is 0 Å². The second-order valence-electron chi connectivity index (χ2n) is 5.82. The summed E-state index contributed by atoms with van der Waals surface area (Å²) in [6.07, 6.45) is 0.496. The van der Waals surface area contributed by atoms with E-state index in [4.69, 9.17) is 9.47 Å². The van der Waals surface area contributed by atoms with Gasteiger partial charge < -0.3 is 14.8 Å². The van der Waals surface area contributed by atoms with Crippen molar-refractivity contribution in [2.24, 2.45) is 5.10 Å². The van der Waals surface area contributed by atoms with Gasteiger partial charge in [-0.05, 0) is 24.3 Å². The summed E-state index contributed by atoms with van der Waals surface area (Å²) in [5.41, 5.74) is 5.77. The number of hydrazone groups is 1. The molecule has 2 aromatic rings. The summed E-state index contributed by atoms with van der Waals surface area (Å²) in [5.74, 6) is 1.37. The molecule has 3 aliphatic heterocycles. The standard InChI is InChI=1S/C17H13N3O3/c21-16-17(11-3-1-2-4-12(11)18-16)8-13(19-20-17)10-5-6-14-15(7-10)23-9-22-14/h1-7,20H,8-9H2,(H,18,21). The number of carbonyl (C=O) groups is 1. The van der Waals surface area contributed by atoms with Gasteiger partial charge in [0.2, 0.25) is 6.79 Å². The Kier molecular flexibility index (Phi) is 2.31. The Morgan fingerprint density at radius 3 is 2.91 bits per heavy atom. The van der Waals surface area contributed by atoms with Crippen molar-refractivity contribution in [1.82, 2.24) is 5.43 Å². The summed E-state index contributed by atoms with van der Waals surface area (Å²) < 4.78 is 10.7. The summed E-state index contributed by atoms with van der Waals surface area (Å²) in [6.45, 7) is 0.239. The third-order valence-electron chi connectivity index (χ3n) is 4.54. The lowest BCUT2D eigenvalue weighted by Gasteiger charge is -2.20. The summed E-state index contributed by atoms with van der Waals surface area (Å²) in [6, 6.07) is 13.4. The maximum Gasteiger partial charge on any atom is 0.256 e. The van der Waals surface area contributed by atoms with Gasteiger partial charge in [-0.15, -0.1) is 0 Å². The number of benzene rings is 2. The van der Waals surface area contributed by atoms with Crippen LogP contribution in [0.4, 0.5) is 5.69 Å². The molecule has 114 valence electrons. The van der Waals surface area contributed by atoms with Crippen LogP contribution in [0.5, 0.6) is 11.5 Å². The normalized spacial score (nSPS) is 23.5. The van der Waals surface area contributed by atoms with E-state index in [2.05, 4.69) is 15.8 Å². The van der Waals surface area contributed by atoms with Gasteiger partial charge in [0.05, 0.1) is 5.71 Å². The minimum Gasteiger partial charge on any atom is -0.454 e. The van der Waals surface area contributed by atoms with E-state index in [-0.39, 0.29) is 12.7 Å². The van der Waals surface area contributed by atoms with Crippen LogP contribution in [0.3, 0.4) is 0 Å². The Hall–Kier alpha value is -3.02. The molecule has 0 aliphatic carbocycles. The van der Waals surface area contributed by atoms with Crippen LogP contribution in [0.25, 0.3) is 0 Å². The molecule has 2 aromatic carbocycles. The van der Waals surface area contributed by atoms with Gasteiger partial charge in [-0.2, -0.15) is 5.10 Å². The van der Waals surface area contributed by atoms with Crippen molar-refractivity contribution >= 4 is 17.3 Å².